The minimum absolute atomic E-state index is 0.135. The molecule has 7 heteroatoms. The molecule has 25 heavy (non-hydrogen) atoms. The van der Waals surface area contributed by atoms with Gasteiger partial charge in [-0.25, -0.2) is 5.43 Å². The zero-order valence-corrected chi connectivity index (χ0v) is 14.1. The zero-order valence-electron chi connectivity index (χ0n) is 13.3. The van der Waals surface area contributed by atoms with Crippen molar-refractivity contribution in [2.45, 2.75) is 6.92 Å². The average Bonchev–Trinajstić information content (AvgIpc) is 3.09. The molecular weight excluding hydrogens is 340 g/mol. The van der Waals surface area contributed by atoms with Crippen LogP contribution in [0.3, 0.4) is 0 Å². The molecule has 0 saturated heterocycles. The molecule has 2 aromatic carbocycles. The Bertz CT molecular complexity index is 950. The molecule has 0 unspecified atom stereocenters. The first-order valence-electron chi connectivity index (χ1n) is 7.49. The number of hydrogen-bond donors (Lipinski definition) is 3. The Labute approximate surface area is 149 Å². The number of benzene rings is 2. The smallest absolute Gasteiger partial charge is 0.289 e. The molecule has 3 rings (SSSR count). The van der Waals surface area contributed by atoms with Gasteiger partial charge in [-0.1, -0.05) is 41.9 Å². The van der Waals surface area contributed by atoms with Crippen LogP contribution in [0.25, 0.3) is 11.3 Å². The molecule has 1 amide bonds. The van der Waals surface area contributed by atoms with Crippen LogP contribution in [0.4, 0.5) is 0 Å². The van der Waals surface area contributed by atoms with Gasteiger partial charge in [0.25, 0.3) is 5.91 Å². The standard InChI is InChI=1S/C18H15ClN4O2/c1-11(12-5-4-6-13(24)9-12)20-23-18(25)17-10-16(21-22-17)14-7-2-3-8-15(14)19/h2-10,24H,1H3,(H,21,22)(H,23,25). The van der Waals surface area contributed by atoms with Crippen molar-refractivity contribution in [1.29, 1.82) is 0 Å². The van der Waals surface area contributed by atoms with E-state index in [0.717, 1.165) is 5.56 Å². The van der Waals surface area contributed by atoms with Gasteiger partial charge in [0.15, 0.2) is 0 Å². The highest BCUT2D eigenvalue weighted by Crippen LogP contribution is 2.26. The summed E-state index contributed by atoms with van der Waals surface area (Å²) in [7, 11) is 0. The highest BCUT2D eigenvalue weighted by molar-refractivity contribution is 6.33. The van der Waals surface area contributed by atoms with Crippen LogP contribution in [0.15, 0.2) is 59.7 Å². The number of aromatic hydroxyl groups is 1. The van der Waals surface area contributed by atoms with E-state index in [1.807, 2.05) is 18.2 Å². The fraction of sp³-hybridized carbons (Fsp3) is 0.0556. The maximum Gasteiger partial charge on any atom is 0.289 e. The Morgan fingerprint density at radius 1 is 1.20 bits per heavy atom. The van der Waals surface area contributed by atoms with Gasteiger partial charge in [-0.15, -0.1) is 0 Å². The lowest BCUT2D eigenvalue weighted by molar-refractivity contribution is 0.0950. The van der Waals surface area contributed by atoms with E-state index < -0.39 is 5.91 Å². The van der Waals surface area contributed by atoms with Gasteiger partial charge >= 0.3 is 0 Å². The molecular formula is C18H15ClN4O2. The van der Waals surface area contributed by atoms with E-state index in [9.17, 15) is 9.90 Å². The summed E-state index contributed by atoms with van der Waals surface area (Å²) in [5.41, 5.74) is 5.31. The van der Waals surface area contributed by atoms with Gasteiger partial charge in [0.05, 0.1) is 16.4 Å². The molecule has 0 spiro atoms. The number of aromatic amines is 1. The fourth-order valence-corrected chi connectivity index (χ4v) is 2.47. The fourth-order valence-electron chi connectivity index (χ4n) is 2.24. The number of nitrogens with zero attached hydrogens (tertiary/aromatic N) is 2. The molecule has 0 aliphatic rings. The first-order valence-corrected chi connectivity index (χ1v) is 7.87. The topological polar surface area (TPSA) is 90.4 Å². The number of phenolic OH excluding ortho intramolecular Hbond substituents is 1. The molecule has 3 aromatic rings. The number of rotatable bonds is 4. The Balaban J connectivity index is 1.74. The van der Waals surface area contributed by atoms with E-state index in [1.165, 1.54) is 0 Å². The van der Waals surface area contributed by atoms with Crippen molar-refractivity contribution >= 4 is 23.2 Å². The minimum atomic E-state index is -0.426. The van der Waals surface area contributed by atoms with Gasteiger partial charge in [-0.2, -0.15) is 10.2 Å². The van der Waals surface area contributed by atoms with Crippen LogP contribution in [0.1, 0.15) is 23.0 Å². The van der Waals surface area contributed by atoms with Gasteiger partial charge < -0.3 is 5.11 Å². The van der Waals surface area contributed by atoms with E-state index in [4.69, 9.17) is 11.6 Å². The van der Waals surface area contributed by atoms with Crippen LogP contribution in [-0.4, -0.2) is 26.9 Å². The van der Waals surface area contributed by atoms with E-state index in [-0.39, 0.29) is 11.4 Å². The number of amides is 1. The third kappa shape index (κ3) is 3.87. The molecule has 1 aromatic heterocycles. The number of carbonyl (C=O) groups excluding carboxylic acids is 1. The SMILES string of the molecule is CC(=NNC(=O)c1cc(-c2ccccc2Cl)n[nH]1)c1cccc(O)c1. The predicted octanol–water partition coefficient (Wildman–Crippen LogP) is 3.59. The first-order chi connectivity index (χ1) is 12.0. The lowest BCUT2D eigenvalue weighted by Gasteiger charge is -2.02. The number of hydrogen-bond acceptors (Lipinski definition) is 4. The largest absolute Gasteiger partial charge is 0.508 e. The van der Waals surface area contributed by atoms with Crippen molar-refractivity contribution in [3.05, 3.63) is 70.9 Å². The minimum Gasteiger partial charge on any atom is -0.508 e. The molecule has 0 aliphatic carbocycles. The summed E-state index contributed by atoms with van der Waals surface area (Å²) >= 11 is 6.13. The maximum atomic E-state index is 12.2. The van der Waals surface area contributed by atoms with E-state index in [2.05, 4.69) is 20.7 Å². The summed E-state index contributed by atoms with van der Waals surface area (Å²) < 4.78 is 0. The Hall–Kier alpha value is -3.12. The van der Waals surface area contributed by atoms with Crippen molar-refractivity contribution < 1.29 is 9.90 Å². The van der Waals surface area contributed by atoms with Crippen molar-refractivity contribution in [2.24, 2.45) is 5.10 Å². The predicted molar refractivity (Wildman–Crippen MR) is 96.8 cm³/mol. The second-order valence-corrected chi connectivity index (χ2v) is 5.74. The van der Waals surface area contributed by atoms with Crippen LogP contribution in [-0.2, 0) is 0 Å². The van der Waals surface area contributed by atoms with Crippen LogP contribution in [0.5, 0.6) is 5.75 Å². The Morgan fingerprint density at radius 3 is 2.76 bits per heavy atom. The van der Waals surface area contributed by atoms with Crippen LogP contribution in [0, 0.1) is 0 Å². The number of carbonyl (C=O) groups is 1. The number of halogens is 1. The van der Waals surface area contributed by atoms with Crippen LogP contribution >= 0.6 is 11.6 Å². The summed E-state index contributed by atoms with van der Waals surface area (Å²) in [5.74, 6) is -0.290. The lowest BCUT2D eigenvalue weighted by Crippen LogP contribution is -2.19. The second-order valence-electron chi connectivity index (χ2n) is 5.34. The molecule has 0 bridgehead atoms. The highest BCUT2D eigenvalue weighted by Gasteiger charge is 2.12. The highest BCUT2D eigenvalue weighted by atomic mass is 35.5. The molecule has 0 aliphatic heterocycles. The van der Waals surface area contributed by atoms with Gasteiger partial charge in [-0.3, -0.25) is 9.89 Å². The van der Waals surface area contributed by atoms with Crippen LogP contribution in [0.2, 0.25) is 5.02 Å². The molecule has 1 heterocycles. The molecule has 0 saturated carbocycles. The van der Waals surface area contributed by atoms with Gasteiger partial charge in [0.2, 0.25) is 0 Å². The van der Waals surface area contributed by atoms with E-state index >= 15 is 0 Å². The van der Waals surface area contributed by atoms with Gasteiger partial charge in [0.1, 0.15) is 11.4 Å². The molecule has 126 valence electrons. The monoisotopic (exact) mass is 354 g/mol. The van der Waals surface area contributed by atoms with Gasteiger partial charge in [0, 0.05) is 11.1 Å². The third-order valence-electron chi connectivity index (χ3n) is 3.56. The number of H-pyrrole nitrogens is 1. The maximum absolute atomic E-state index is 12.2. The number of hydrazone groups is 1. The summed E-state index contributed by atoms with van der Waals surface area (Å²) in [5, 5.41) is 20.9. The van der Waals surface area contributed by atoms with Crippen molar-refractivity contribution in [1.82, 2.24) is 15.6 Å². The zero-order chi connectivity index (χ0) is 17.8. The van der Waals surface area contributed by atoms with Crippen molar-refractivity contribution in [3.8, 4) is 17.0 Å². The first kappa shape index (κ1) is 16.7. The van der Waals surface area contributed by atoms with Crippen molar-refractivity contribution in [2.75, 3.05) is 0 Å². The molecule has 0 fully saturated rings. The van der Waals surface area contributed by atoms with Crippen LogP contribution < -0.4 is 5.43 Å². The molecule has 3 N–H and O–H groups in total. The Kier molecular flexibility index (Phi) is 4.81. The summed E-state index contributed by atoms with van der Waals surface area (Å²) in [4.78, 5) is 12.2. The summed E-state index contributed by atoms with van der Waals surface area (Å²) in [6, 6.07) is 15.5. The normalized spacial score (nSPS) is 11.4. The number of phenols is 1. The van der Waals surface area contributed by atoms with Gasteiger partial charge in [-0.05, 0) is 31.2 Å². The summed E-state index contributed by atoms with van der Waals surface area (Å²) in [6.07, 6.45) is 0. The number of nitrogens with one attached hydrogen (secondary N) is 2. The second kappa shape index (κ2) is 7.19. The third-order valence-corrected chi connectivity index (χ3v) is 3.89. The quantitative estimate of drug-likeness (QED) is 0.494. The van der Waals surface area contributed by atoms with E-state index in [0.29, 0.717) is 22.0 Å². The van der Waals surface area contributed by atoms with Crippen molar-refractivity contribution in [3.63, 3.8) is 0 Å². The molecule has 0 radical (unpaired) electrons. The van der Waals surface area contributed by atoms with E-state index in [1.54, 1.807) is 43.3 Å². The lowest BCUT2D eigenvalue weighted by atomic mass is 10.1. The Morgan fingerprint density at radius 2 is 2.00 bits per heavy atom. The average molecular weight is 355 g/mol. The molecule has 0 atom stereocenters. The summed E-state index contributed by atoms with van der Waals surface area (Å²) in [6.45, 7) is 1.73. The molecule has 6 nitrogen and oxygen atoms in total. The number of aromatic nitrogens is 2.